The van der Waals surface area contributed by atoms with Crippen molar-refractivity contribution in [2.24, 2.45) is 5.92 Å². The second kappa shape index (κ2) is 8.90. The van der Waals surface area contributed by atoms with E-state index in [0.29, 0.717) is 12.4 Å². The number of carbonyl (C=O) groups excluding carboxylic acids is 2. The molecule has 0 saturated heterocycles. The van der Waals surface area contributed by atoms with Crippen LogP contribution in [0.25, 0.3) is 11.4 Å². The molecule has 0 aliphatic heterocycles. The van der Waals surface area contributed by atoms with Gasteiger partial charge in [-0.2, -0.15) is 4.80 Å². The van der Waals surface area contributed by atoms with Crippen LogP contribution < -0.4 is 10.6 Å². The number of hydrogen-bond acceptors (Lipinski definition) is 5. The molecule has 0 unspecified atom stereocenters. The third-order valence-electron chi connectivity index (χ3n) is 4.01. The first-order valence-corrected chi connectivity index (χ1v) is 9.01. The van der Waals surface area contributed by atoms with Crippen molar-refractivity contribution in [2.45, 2.75) is 26.9 Å². The summed E-state index contributed by atoms with van der Waals surface area (Å²) in [7, 11) is 0. The maximum Gasteiger partial charge on any atom is 0.243 e. The van der Waals surface area contributed by atoms with E-state index in [1.54, 1.807) is 0 Å². The van der Waals surface area contributed by atoms with Crippen molar-refractivity contribution in [1.29, 1.82) is 0 Å². The molecule has 8 nitrogen and oxygen atoms in total. The largest absolute Gasteiger partial charge is 0.350 e. The van der Waals surface area contributed by atoms with Crippen molar-refractivity contribution in [3.05, 3.63) is 60.2 Å². The Morgan fingerprint density at radius 3 is 2.43 bits per heavy atom. The Bertz CT molecular complexity index is 935. The number of benzene rings is 2. The minimum atomic E-state index is -0.214. The first kappa shape index (κ1) is 19.2. The van der Waals surface area contributed by atoms with E-state index < -0.39 is 0 Å². The number of carbonyl (C=O) groups is 2. The lowest BCUT2D eigenvalue weighted by Gasteiger charge is -2.09. The summed E-state index contributed by atoms with van der Waals surface area (Å²) in [5.41, 5.74) is 2.50. The van der Waals surface area contributed by atoms with Crippen LogP contribution in [0.15, 0.2) is 54.6 Å². The van der Waals surface area contributed by atoms with Gasteiger partial charge in [-0.15, -0.1) is 10.2 Å². The van der Waals surface area contributed by atoms with E-state index in [9.17, 15) is 9.59 Å². The number of tetrazole rings is 1. The van der Waals surface area contributed by atoms with Crippen molar-refractivity contribution in [2.75, 3.05) is 5.32 Å². The summed E-state index contributed by atoms with van der Waals surface area (Å²) in [6.45, 7) is 4.04. The van der Waals surface area contributed by atoms with Crippen LogP contribution in [0.5, 0.6) is 0 Å². The van der Waals surface area contributed by atoms with Crippen molar-refractivity contribution < 1.29 is 9.59 Å². The molecule has 0 saturated carbocycles. The first-order valence-electron chi connectivity index (χ1n) is 9.01. The average molecular weight is 378 g/mol. The van der Waals surface area contributed by atoms with E-state index in [0.717, 1.165) is 16.8 Å². The quantitative estimate of drug-likeness (QED) is 0.657. The molecule has 0 radical (unpaired) electrons. The van der Waals surface area contributed by atoms with Gasteiger partial charge < -0.3 is 10.6 Å². The highest BCUT2D eigenvalue weighted by Gasteiger charge is 2.10. The minimum absolute atomic E-state index is 0.0115. The molecule has 28 heavy (non-hydrogen) atoms. The first-order chi connectivity index (χ1) is 13.5. The molecule has 2 aromatic carbocycles. The van der Waals surface area contributed by atoms with E-state index in [1.807, 2.05) is 68.4 Å². The Morgan fingerprint density at radius 1 is 1.04 bits per heavy atom. The van der Waals surface area contributed by atoms with E-state index in [4.69, 9.17) is 0 Å². The van der Waals surface area contributed by atoms with Crippen LogP contribution in [-0.4, -0.2) is 32.0 Å². The lowest BCUT2D eigenvalue weighted by molar-refractivity contribution is -0.122. The molecule has 0 bridgehead atoms. The molecule has 144 valence electrons. The highest BCUT2D eigenvalue weighted by molar-refractivity contribution is 5.92. The molecule has 1 heterocycles. The molecule has 3 aromatic rings. The predicted octanol–water partition coefficient (Wildman–Crippen LogP) is 2.25. The Balaban J connectivity index is 1.49. The Hall–Kier alpha value is -3.55. The molecule has 2 amide bonds. The average Bonchev–Trinajstić information content (AvgIpc) is 3.16. The van der Waals surface area contributed by atoms with Crippen molar-refractivity contribution >= 4 is 17.5 Å². The van der Waals surface area contributed by atoms with Gasteiger partial charge in [-0.1, -0.05) is 56.3 Å². The van der Waals surface area contributed by atoms with Gasteiger partial charge in [0.1, 0.15) is 6.54 Å². The van der Waals surface area contributed by atoms with Crippen LogP contribution in [-0.2, 0) is 22.7 Å². The maximum atomic E-state index is 12.1. The van der Waals surface area contributed by atoms with Crippen molar-refractivity contribution in [3.8, 4) is 11.4 Å². The van der Waals surface area contributed by atoms with Gasteiger partial charge in [0.25, 0.3) is 0 Å². The summed E-state index contributed by atoms with van der Waals surface area (Å²) in [5, 5.41) is 17.8. The number of anilines is 1. The fourth-order valence-electron chi connectivity index (χ4n) is 2.39. The number of rotatable bonds is 7. The molecule has 0 atom stereocenters. The number of nitrogens with one attached hydrogen (secondary N) is 2. The smallest absolute Gasteiger partial charge is 0.243 e. The third-order valence-corrected chi connectivity index (χ3v) is 4.01. The normalized spacial score (nSPS) is 10.7. The summed E-state index contributed by atoms with van der Waals surface area (Å²) in [4.78, 5) is 25.1. The fraction of sp³-hybridized carbons (Fsp3) is 0.250. The summed E-state index contributed by atoms with van der Waals surface area (Å²) in [6.07, 6.45) is 0. The number of hydrogen-bond donors (Lipinski definition) is 2. The third kappa shape index (κ3) is 5.23. The standard InChI is InChI=1S/C20H22N6O2/c1-14(2)20(28)22-17-10-8-15(9-11-17)12-21-18(27)13-26-24-19(23-25-26)16-6-4-3-5-7-16/h3-11,14H,12-13H2,1-2H3,(H,21,27)(H,22,28). The zero-order chi connectivity index (χ0) is 19.9. The molecule has 2 N–H and O–H groups in total. The highest BCUT2D eigenvalue weighted by atomic mass is 16.2. The Labute approximate surface area is 163 Å². The molecule has 0 aliphatic carbocycles. The van der Waals surface area contributed by atoms with Gasteiger partial charge >= 0.3 is 0 Å². The van der Waals surface area contributed by atoms with Gasteiger partial charge in [0.2, 0.25) is 17.6 Å². The zero-order valence-corrected chi connectivity index (χ0v) is 15.8. The molecular weight excluding hydrogens is 356 g/mol. The van der Waals surface area contributed by atoms with Crippen LogP contribution in [0.3, 0.4) is 0 Å². The van der Waals surface area contributed by atoms with E-state index in [2.05, 4.69) is 26.0 Å². The van der Waals surface area contributed by atoms with Crippen molar-refractivity contribution in [3.63, 3.8) is 0 Å². The van der Waals surface area contributed by atoms with E-state index in [1.165, 1.54) is 4.80 Å². The molecule has 0 aliphatic rings. The summed E-state index contributed by atoms with van der Waals surface area (Å²) in [5.74, 6) is 0.157. The minimum Gasteiger partial charge on any atom is -0.350 e. The lowest BCUT2D eigenvalue weighted by Crippen LogP contribution is -2.28. The number of amides is 2. The van der Waals surface area contributed by atoms with Gasteiger partial charge in [-0.05, 0) is 22.9 Å². The predicted molar refractivity (Wildman–Crippen MR) is 105 cm³/mol. The van der Waals surface area contributed by atoms with Crippen LogP contribution in [0.2, 0.25) is 0 Å². The molecular formula is C20H22N6O2. The summed E-state index contributed by atoms with van der Waals surface area (Å²) in [6, 6.07) is 16.8. The van der Waals surface area contributed by atoms with Gasteiger partial charge in [0.15, 0.2) is 0 Å². The summed E-state index contributed by atoms with van der Waals surface area (Å²) >= 11 is 0. The van der Waals surface area contributed by atoms with Crippen LogP contribution >= 0.6 is 0 Å². The van der Waals surface area contributed by atoms with Crippen LogP contribution in [0.1, 0.15) is 19.4 Å². The van der Waals surface area contributed by atoms with E-state index >= 15 is 0 Å². The Morgan fingerprint density at radius 2 is 1.75 bits per heavy atom. The van der Waals surface area contributed by atoms with Gasteiger partial charge in [0, 0.05) is 23.7 Å². The van der Waals surface area contributed by atoms with Gasteiger partial charge in [-0.3, -0.25) is 9.59 Å². The second-order valence-corrected chi connectivity index (χ2v) is 6.63. The maximum absolute atomic E-state index is 12.1. The number of aromatic nitrogens is 4. The van der Waals surface area contributed by atoms with Gasteiger partial charge in [-0.25, -0.2) is 0 Å². The lowest BCUT2D eigenvalue weighted by atomic mass is 10.1. The highest BCUT2D eigenvalue weighted by Crippen LogP contribution is 2.12. The molecule has 0 fully saturated rings. The molecule has 0 spiro atoms. The summed E-state index contributed by atoms with van der Waals surface area (Å²) < 4.78 is 0. The number of nitrogens with zero attached hydrogens (tertiary/aromatic N) is 4. The van der Waals surface area contributed by atoms with E-state index in [-0.39, 0.29) is 24.3 Å². The van der Waals surface area contributed by atoms with Crippen molar-refractivity contribution in [1.82, 2.24) is 25.5 Å². The van der Waals surface area contributed by atoms with Gasteiger partial charge in [0.05, 0.1) is 0 Å². The molecule has 8 heteroatoms. The fourth-order valence-corrected chi connectivity index (χ4v) is 2.39. The van der Waals surface area contributed by atoms with Crippen LogP contribution in [0, 0.1) is 5.92 Å². The topological polar surface area (TPSA) is 102 Å². The SMILES string of the molecule is CC(C)C(=O)Nc1ccc(CNC(=O)Cn2nnc(-c3ccccc3)n2)cc1. The Kier molecular flexibility index (Phi) is 6.11. The monoisotopic (exact) mass is 378 g/mol. The molecule has 1 aromatic heterocycles. The molecule has 3 rings (SSSR count). The zero-order valence-electron chi connectivity index (χ0n) is 15.8. The van der Waals surface area contributed by atoms with Crippen LogP contribution in [0.4, 0.5) is 5.69 Å². The second-order valence-electron chi connectivity index (χ2n) is 6.63.